The van der Waals surface area contributed by atoms with Crippen molar-refractivity contribution in [3.63, 3.8) is 0 Å². The van der Waals surface area contributed by atoms with Crippen molar-refractivity contribution in [1.82, 2.24) is 9.78 Å². The van der Waals surface area contributed by atoms with Gasteiger partial charge in [-0.15, -0.1) is 0 Å². The number of unbranched alkanes of at least 4 members (excludes halogenated alkanes) is 1. The molecule has 0 atom stereocenters. The monoisotopic (exact) mass is 285 g/mol. The molecule has 0 fully saturated rings. The number of nitrogens with zero attached hydrogens (tertiary/aromatic N) is 2. The average Bonchev–Trinajstić information content (AvgIpc) is 2.43. The van der Waals surface area contributed by atoms with Gasteiger partial charge in [0.2, 0.25) is 0 Å². The van der Waals surface area contributed by atoms with Crippen molar-refractivity contribution in [3.8, 4) is 0 Å². The van der Waals surface area contributed by atoms with E-state index in [-0.39, 0.29) is 10.6 Å². The predicted octanol–water partition coefficient (Wildman–Crippen LogP) is 3.54. The first-order valence-corrected chi connectivity index (χ1v) is 7.51. The van der Waals surface area contributed by atoms with Gasteiger partial charge in [-0.05, 0) is 12.3 Å². The van der Waals surface area contributed by atoms with Crippen molar-refractivity contribution < 1.29 is 0 Å². The summed E-state index contributed by atoms with van der Waals surface area (Å²) in [5, 5.41) is 7.64. The lowest BCUT2D eigenvalue weighted by molar-refractivity contribution is 0.517. The zero-order valence-electron chi connectivity index (χ0n) is 12.1. The third-order valence-corrected chi connectivity index (χ3v) is 3.81. The van der Waals surface area contributed by atoms with Crippen LogP contribution in [0.15, 0.2) is 11.0 Å². The van der Waals surface area contributed by atoms with Crippen molar-refractivity contribution >= 4 is 17.3 Å². The van der Waals surface area contributed by atoms with E-state index < -0.39 is 0 Å². The summed E-state index contributed by atoms with van der Waals surface area (Å²) in [4.78, 5) is 12.0. The van der Waals surface area contributed by atoms with Crippen LogP contribution in [0.25, 0.3) is 0 Å². The van der Waals surface area contributed by atoms with Crippen LogP contribution in [-0.4, -0.2) is 16.3 Å². The summed E-state index contributed by atoms with van der Waals surface area (Å²) in [6, 6.07) is 0. The summed E-state index contributed by atoms with van der Waals surface area (Å²) in [5.41, 5.74) is 0.441. The highest BCUT2D eigenvalue weighted by atomic mass is 35.5. The maximum absolute atomic E-state index is 12.0. The molecule has 4 nitrogen and oxygen atoms in total. The molecule has 0 aliphatic rings. The summed E-state index contributed by atoms with van der Waals surface area (Å²) >= 11 is 6.11. The summed E-state index contributed by atoms with van der Waals surface area (Å²) in [5.74, 6) is 0.596. The van der Waals surface area contributed by atoms with E-state index in [4.69, 9.17) is 11.6 Å². The Labute approximate surface area is 120 Å². The molecule has 0 amide bonds. The van der Waals surface area contributed by atoms with Gasteiger partial charge in [-0.25, -0.2) is 4.68 Å². The molecule has 1 rings (SSSR count). The Balaban J connectivity index is 2.76. The van der Waals surface area contributed by atoms with Crippen LogP contribution < -0.4 is 10.9 Å². The molecular weight excluding hydrogens is 262 g/mol. The Hall–Kier alpha value is -1.03. The molecule has 0 saturated carbocycles. The minimum atomic E-state index is -0.204. The fourth-order valence-electron chi connectivity index (χ4n) is 1.89. The highest BCUT2D eigenvalue weighted by molar-refractivity contribution is 6.32. The third kappa shape index (κ3) is 4.53. The summed E-state index contributed by atoms with van der Waals surface area (Å²) in [6.07, 6.45) is 5.84. The van der Waals surface area contributed by atoms with E-state index in [1.54, 1.807) is 6.20 Å². The van der Waals surface area contributed by atoms with E-state index in [9.17, 15) is 4.79 Å². The van der Waals surface area contributed by atoms with E-state index in [0.29, 0.717) is 18.2 Å². The van der Waals surface area contributed by atoms with Crippen LogP contribution in [-0.2, 0) is 6.54 Å². The molecular formula is C14H24ClN3O. The van der Waals surface area contributed by atoms with Crippen LogP contribution in [0.1, 0.15) is 46.5 Å². The standard InChI is InChI=1S/C14H24ClN3O/c1-4-7-8-18-14(19)13(15)12(10-17-18)16-9-11(5-2)6-3/h10-11,16H,4-9H2,1-3H3. The molecule has 1 aromatic heterocycles. The van der Waals surface area contributed by atoms with Gasteiger partial charge in [-0.3, -0.25) is 4.79 Å². The van der Waals surface area contributed by atoms with E-state index in [1.807, 2.05) is 0 Å². The van der Waals surface area contributed by atoms with Crippen LogP contribution in [0.5, 0.6) is 0 Å². The number of hydrogen-bond donors (Lipinski definition) is 1. The van der Waals surface area contributed by atoms with Crippen molar-refractivity contribution in [2.75, 3.05) is 11.9 Å². The fraction of sp³-hybridized carbons (Fsp3) is 0.714. The maximum atomic E-state index is 12.0. The van der Waals surface area contributed by atoms with Gasteiger partial charge in [0.1, 0.15) is 5.02 Å². The highest BCUT2D eigenvalue weighted by Gasteiger charge is 2.10. The van der Waals surface area contributed by atoms with Gasteiger partial charge in [0.25, 0.3) is 5.56 Å². The van der Waals surface area contributed by atoms with Gasteiger partial charge in [0.15, 0.2) is 0 Å². The van der Waals surface area contributed by atoms with E-state index in [1.165, 1.54) is 4.68 Å². The number of aryl methyl sites for hydroxylation is 1. The minimum absolute atomic E-state index is 0.204. The number of anilines is 1. The Kier molecular flexibility index (Phi) is 6.92. The van der Waals surface area contributed by atoms with Crippen molar-refractivity contribution in [2.45, 2.75) is 53.0 Å². The molecule has 0 unspecified atom stereocenters. The molecule has 0 spiro atoms. The Morgan fingerprint density at radius 1 is 1.37 bits per heavy atom. The molecule has 1 aromatic rings. The summed E-state index contributed by atoms with van der Waals surface area (Å²) in [7, 11) is 0. The zero-order chi connectivity index (χ0) is 14.3. The normalized spacial score (nSPS) is 11.0. The maximum Gasteiger partial charge on any atom is 0.287 e. The van der Waals surface area contributed by atoms with Crippen LogP contribution in [0.4, 0.5) is 5.69 Å². The smallest absolute Gasteiger partial charge is 0.287 e. The SMILES string of the molecule is CCCCn1ncc(NCC(CC)CC)c(Cl)c1=O. The van der Waals surface area contributed by atoms with Crippen LogP contribution >= 0.6 is 11.6 Å². The molecule has 1 N–H and O–H groups in total. The van der Waals surface area contributed by atoms with Crippen LogP contribution in [0.2, 0.25) is 5.02 Å². The first-order valence-electron chi connectivity index (χ1n) is 7.13. The van der Waals surface area contributed by atoms with Crippen LogP contribution in [0, 0.1) is 5.92 Å². The minimum Gasteiger partial charge on any atom is -0.382 e. The van der Waals surface area contributed by atoms with Gasteiger partial charge < -0.3 is 5.32 Å². The van der Waals surface area contributed by atoms with Gasteiger partial charge in [0.05, 0.1) is 11.9 Å². The lowest BCUT2D eigenvalue weighted by Crippen LogP contribution is -2.25. The topological polar surface area (TPSA) is 46.9 Å². The fourth-order valence-corrected chi connectivity index (χ4v) is 2.10. The molecule has 0 bridgehead atoms. The number of aromatic nitrogens is 2. The first kappa shape index (κ1) is 16.0. The van der Waals surface area contributed by atoms with Crippen molar-refractivity contribution in [3.05, 3.63) is 21.6 Å². The molecule has 0 aromatic carbocycles. The largest absolute Gasteiger partial charge is 0.382 e. The van der Waals surface area contributed by atoms with E-state index >= 15 is 0 Å². The second kappa shape index (κ2) is 8.20. The Morgan fingerprint density at radius 2 is 2.05 bits per heavy atom. The zero-order valence-corrected chi connectivity index (χ0v) is 12.8. The second-order valence-electron chi connectivity index (χ2n) is 4.82. The quantitative estimate of drug-likeness (QED) is 0.795. The number of rotatable bonds is 8. The molecule has 0 radical (unpaired) electrons. The van der Waals surface area contributed by atoms with E-state index in [2.05, 4.69) is 31.2 Å². The van der Waals surface area contributed by atoms with Crippen molar-refractivity contribution in [1.29, 1.82) is 0 Å². The van der Waals surface area contributed by atoms with Crippen LogP contribution in [0.3, 0.4) is 0 Å². The van der Waals surface area contributed by atoms with Crippen molar-refractivity contribution in [2.24, 2.45) is 5.92 Å². The first-order chi connectivity index (χ1) is 9.13. The summed E-state index contributed by atoms with van der Waals surface area (Å²) in [6.45, 7) is 7.86. The van der Waals surface area contributed by atoms with Gasteiger partial charge in [-0.2, -0.15) is 5.10 Å². The Bertz CT molecular complexity index is 441. The number of nitrogens with one attached hydrogen (secondary N) is 1. The molecule has 1 heterocycles. The van der Waals surface area contributed by atoms with Gasteiger partial charge in [-0.1, -0.05) is 51.6 Å². The molecule has 108 valence electrons. The molecule has 0 aliphatic heterocycles. The second-order valence-corrected chi connectivity index (χ2v) is 5.20. The molecule has 19 heavy (non-hydrogen) atoms. The van der Waals surface area contributed by atoms with E-state index in [0.717, 1.165) is 32.2 Å². The molecule has 5 heteroatoms. The lowest BCUT2D eigenvalue weighted by Gasteiger charge is -2.15. The van der Waals surface area contributed by atoms with Gasteiger partial charge >= 0.3 is 0 Å². The summed E-state index contributed by atoms with van der Waals surface area (Å²) < 4.78 is 1.44. The number of hydrogen-bond acceptors (Lipinski definition) is 3. The predicted molar refractivity (Wildman–Crippen MR) is 81.0 cm³/mol. The third-order valence-electron chi connectivity index (χ3n) is 3.44. The number of halogens is 1. The lowest BCUT2D eigenvalue weighted by atomic mass is 10.0. The average molecular weight is 286 g/mol. The molecule has 0 aliphatic carbocycles. The Morgan fingerprint density at radius 3 is 2.63 bits per heavy atom. The van der Waals surface area contributed by atoms with Gasteiger partial charge in [0, 0.05) is 13.1 Å². The highest BCUT2D eigenvalue weighted by Crippen LogP contribution is 2.17. The molecule has 0 saturated heterocycles.